The number of hydrogen-bond donors (Lipinski definition) is 3. The second kappa shape index (κ2) is 9.60. The molecular formula is C21H17ClF3N3O3S. The van der Waals surface area contributed by atoms with Crippen LogP contribution in [0.15, 0.2) is 77.7 Å². The van der Waals surface area contributed by atoms with Crippen molar-refractivity contribution in [3.05, 3.63) is 77.8 Å². The number of amides is 2. The number of nitrogens with one attached hydrogen (secondary N) is 3. The Morgan fingerprint density at radius 1 is 0.906 bits per heavy atom. The monoisotopic (exact) mass is 483 g/mol. The van der Waals surface area contributed by atoms with Gasteiger partial charge in [0.25, 0.3) is 0 Å². The third kappa shape index (κ3) is 6.46. The number of alkyl halides is 3. The van der Waals surface area contributed by atoms with Crippen LogP contribution < -0.4 is 15.4 Å². The van der Waals surface area contributed by atoms with E-state index >= 15 is 0 Å². The van der Waals surface area contributed by atoms with Crippen molar-refractivity contribution in [1.82, 2.24) is 4.72 Å². The molecule has 0 aliphatic carbocycles. The van der Waals surface area contributed by atoms with Gasteiger partial charge in [-0.1, -0.05) is 54.1 Å². The van der Waals surface area contributed by atoms with Gasteiger partial charge >= 0.3 is 12.2 Å². The van der Waals surface area contributed by atoms with Crippen molar-refractivity contribution in [1.29, 1.82) is 0 Å². The van der Waals surface area contributed by atoms with Gasteiger partial charge < -0.3 is 10.6 Å². The average Bonchev–Trinajstić information content (AvgIpc) is 2.72. The molecule has 0 unspecified atom stereocenters. The number of carbonyl (C=O) groups is 1. The zero-order valence-electron chi connectivity index (χ0n) is 16.3. The lowest BCUT2D eigenvalue weighted by Gasteiger charge is -2.15. The Labute approximate surface area is 187 Å². The van der Waals surface area contributed by atoms with Gasteiger partial charge in [-0.25, -0.2) is 17.9 Å². The molecule has 0 atom stereocenters. The van der Waals surface area contributed by atoms with Crippen LogP contribution in [0.5, 0.6) is 0 Å². The van der Waals surface area contributed by atoms with Crippen LogP contribution in [0, 0.1) is 0 Å². The molecule has 0 aromatic heterocycles. The summed E-state index contributed by atoms with van der Waals surface area (Å²) in [6.45, 7) is -1.71. The average molecular weight is 484 g/mol. The molecule has 0 saturated heterocycles. The summed E-state index contributed by atoms with van der Waals surface area (Å²) in [7, 11) is -4.47. The lowest BCUT2D eigenvalue weighted by molar-refractivity contribution is -0.121. The van der Waals surface area contributed by atoms with Gasteiger partial charge in [0.2, 0.25) is 10.0 Å². The van der Waals surface area contributed by atoms with Crippen LogP contribution in [-0.2, 0) is 10.0 Å². The Balaban J connectivity index is 1.93. The number of hydrogen-bond acceptors (Lipinski definition) is 3. The number of sulfonamides is 1. The molecule has 0 saturated carbocycles. The summed E-state index contributed by atoms with van der Waals surface area (Å²) in [4.78, 5) is 12.1. The SMILES string of the molecule is O=C(Nc1cccc(Cl)c1)Nc1cc(S(=O)(=O)NCC(F)(F)F)ccc1-c1ccccc1. The fraction of sp³-hybridized carbons (Fsp3) is 0.0952. The highest BCUT2D eigenvalue weighted by Gasteiger charge is 2.30. The number of urea groups is 1. The molecule has 2 amide bonds. The second-order valence-corrected chi connectivity index (χ2v) is 8.81. The maximum atomic E-state index is 12.5. The molecule has 0 heterocycles. The van der Waals surface area contributed by atoms with Gasteiger partial charge in [0, 0.05) is 16.3 Å². The Morgan fingerprint density at radius 2 is 1.62 bits per heavy atom. The van der Waals surface area contributed by atoms with Gasteiger partial charge in [0.15, 0.2) is 0 Å². The van der Waals surface area contributed by atoms with E-state index in [1.165, 1.54) is 22.9 Å². The molecular weight excluding hydrogens is 467 g/mol. The van der Waals surface area contributed by atoms with Crippen molar-refractivity contribution in [2.45, 2.75) is 11.1 Å². The standard InChI is InChI=1S/C21H17ClF3N3O3S/c22-15-7-4-8-16(11-15)27-20(29)28-19-12-17(32(30,31)26-13-21(23,24)25)9-10-18(19)14-5-2-1-3-6-14/h1-12,26H,13H2,(H2,27,28,29). The minimum absolute atomic E-state index is 0.0885. The van der Waals surface area contributed by atoms with Gasteiger partial charge in [0.05, 0.1) is 10.6 Å². The summed E-state index contributed by atoms with van der Waals surface area (Å²) in [6.07, 6.45) is -4.71. The van der Waals surface area contributed by atoms with E-state index in [2.05, 4.69) is 10.6 Å². The Bertz CT molecular complexity index is 1220. The van der Waals surface area contributed by atoms with Crippen molar-refractivity contribution < 1.29 is 26.4 Å². The van der Waals surface area contributed by atoms with Gasteiger partial charge in [-0.3, -0.25) is 0 Å². The van der Waals surface area contributed by atoms with Crippen LogP contribution in [0.1, 0.15) is 0 Å². The maximum absolute atomic E-state index is 12.5. The second-order valence-electron chi connectivity index (χ2n) is 6.60. The molecule has 0 fully saturated rings. The lowest BCUT2D eigenvalue weighted by Crippen LogP contribution is -2.33. The highest BCUT2D eigenvalue weighted by Crippen LogP contribution is 2.31. The Morgan fingerprint density at radius 3 is 2.28 bits per heavy atom. The molecule has 168 valence electrons. The fourth-order valence-electron chi connectivity index (χ4n) is 2.77. The molecule has 11 heteroatoms. The highest BCUT2D eigenvalue weighted by molar-refractivity contribution is 7.89. The van der Waals surface area contributed by atoms with Gasteiger partial charge in [0.1, 0.15) is 6.54 Å². The first-order chi connectivity index (χ1) is 15.0. The quantitative estimate of drug-likeness (QED) is 0.433. The van der Waals surface area contributed by atoms with Crippen molar-refractivity contribution in [2.24, 2.45) is 0 Å². The number of rotatable bonds is 6. The number of halogens is 4. The van der Waals surface area contributed by atoms with Gasteiger partial charge in [-0.2, -0.15) is 13.2 Å². The third-order valence-electron chi connectivity index (χ3n) is 4.18. The van der Waals surface area contributed by atoms with Crippen molar-refractivity contribution >= 4 is 39.0 Å². The molecule has 0 bridgehead atoms. The van der Waals surface area contributed by atoms with Crippen LogP contribution in [0.4, 0.5) is 29.3 Å². The largest absolute Gasteiger partial charge is 0.402 e. The van der Waals surface area contributed by atoms with Crippen LogP contribution in [0.25, 0.3) is 11.1 Å². The fourth-order valence-corrected chi connectivity index (χ4v) is 4.01. The van der Waals surface area contributed by atoms with E-state index in [-0.39, 0.29) is 5.69 Å². The summed E-state index contributed by atoms with van der Waals surface area (Å²) in [5.41, 5.74) is 1.62. The highest BCUT2D eigenvalue weighted by atomic mass is 35.5. The van der Waals surface area contributed by atoms with Gasteiger partial charge in [-0.05, 0) is 35.9 Å². The topological polar surface area (TPSA) is 87.3 Å². The van der Waals surface area contributed by atoms with Crippen LogP contribution in [0.2, 0.25) is 5.02 Å². The summed E-state index contributed by atoms with van der Waals surface area (Å²) in [5, 5.41) is 5.52. The predicted octanol–water partition coefficient (Wildman–Crippen LogP) is 5.49. The summed E-state index contributed by atoms with van der Waals surface area (Å²) >= 11 is 5.90. The first kappa shape index (κ1) is 23.6. The van der Waals surface area contributed by atoms with Crippen molar-refractivity contribution in [2.75, 3.05) is 17.2 Å². The first-order valence-corrected chi connectivity index (χ1v) is 11.0. The third-order valence-corrected chi connectivity index (χ3v) is 5.81. The molecule has 3 N–H and O–H groups in total. The number of carbonyl (C=O) groups excluding carboxylic acids is 1. The zero-order chi connectivity index (χ0) is 23.4. The van der Waals surface area contributed by atoms with Gasteiger partial charge in [-0.15, -0.1) is 0 Å². The Kier molecular flexibility index (Phi) is 7.07. The summed E-state index contributed by atoms with van der Waals surface area (Å²) in [6, 6.07) is 18.1. The predicted molar refractivity (Wildman–Crippen MR) is 117 cm³/mol. The lowest BCUT2D eigenvalue weighted by atomic mass is 10.0. The van der Waals surface area contributed by atoms with E-state index in [4.69, 9.17) is 11.6 Å². The molecule has 3 aromatic rings. The molecule has 0 aliphatic rings. The van der Waals surface area contributed by atoms with E-state index in [9.17, 15) is 26.4 Å². The minimum atomic E-state index is -4.71. The van der Waals surface area contributed by atoms with Crippen LogP contribution >= 0.6 is 11.6 Å². The van der Waals surface area contributed by atoms with E-state index < -0.39 is 33.7 Å². The summed E-state index contributed by atoms with van der Waals surface area (Å²) < 4.78 is 63.6. The molecule has 0 spiro atoms. The summed E-state index contributed by atoms with van der Waals surface area (Å²) in [5.74, 6) is 0. The van der Waals surface area contributed by atoms with E-state index in [1.54, 1.807) is 48.5 Å². The van der Waals surface area contributed by atoms with Crippen molar-refractivity contribution in [3.63, 3.8) is 0 Å². The van der Waals surface area contributed by atoms with Crippen molar-refractivity contribution in [3.8, 4) is 11.1 Å². The molecule has 3 rings (SSSR count). The first-order valence-electron chi connectivity index (χ1n) is 9.13. The van der Waals surface area contributed by atoms with E-state index in [0.717, 1.165) is 6.07 Å². The maximum Gasteiger partial charge on any atom is 0.402 e. The van der Waals surface area contributed by atoms with E-state index in [0.29, 0.717) is 21.8 Å². The van der Waals surface area contributed by atoms with E-state index in [1.807, 2.05) is 0 Å². The number of benzene rings is 3. The normalized spacial score (nSPS) is 11.8. The van der Waals surface area contributed by atoms with Crippen LogP contribution in [-0.4, -0.2) is 27.2 Å². The minimum Gasteiger partial charge on any atom is -0.308 e. The molecule has 3 aromatic carbocycles. The molecule has 0 aliphatic heterocycles. The molecule has 32 heavy (non-hydrogen) atoms. The molecule has 0 radical (unpaired) electrons. The smallest absolute Gasteiger partial charge is 0.308 e. The molecule has 6 nitrogen and oxygen atoms in total. The number of anilines is 2. The zero-order valence-corrected chi connectivity index (χ0v) is 17.9. The van der Waals surface area contributed by atoms with Crippen LogP contribution in [0.3, 0.4) is 0 Å². The Hall–Kier alpha value is -3.08.